The maximum atomic E-state index is 12.5. The van der Waals surface area contributed by atoms with Crippen molar-refractivity contribution in [3.05, 3.63) is 47.0 Å². The Hall–Kier alpha value is -2.89. The highest BCUT2D eigenvalue weighted by Gasteiger charge is 2.19. The Kier molecular flexibility index (Phi) is 6.93. The van der Waals surface area contributed by atoms with Crippen LogP contribution < -0.4 is 18.9 Å². The first-order valence-corrected chi connectivity index (χ1v) is 8.63. The number of hydrogen-bond acceptors (Lipinski definition) is 5. The fourth-order valence-corrected chi connectivity index (χ4v) is 2.84. The molecule has 6 nitrogen and oxygen atoms in total. The highest BCUT2D eigenvalue weighted by molar-refractivity contribution is 5.77. The van der Waals surface area contributed by atoms with Gasteiger partial charge in [-0.15, -0.1) is 0 Å². The van der Waals surface area contributed by atoms with Crippen LogP contribution in [0.25, 0.3) is 0 Å². The molecule has 0 unspecified atom stereocenters. The van der Waals surface area contributed by atoms with Crippen molar-refractivity contribution in [2.75, 3.05) is 35.0 Å². The molecule has 1 amide bonds. The maximum Gasteiger partial charge on any atom is 0.260 e. The van der Waals surface area contributed by atoms with Crippen molar-refractivity contribution in [3.63, 3.8) is 0 Å². The van der Waals surface area contributed by atoms with Crippen LogP contribution in [-0.2, 0) is 11.3 Å². The van der Waals surface area contributed by atoms with Crippen molar-refractivity contribution < 1.29 is 23.7 Å². The SMILES string of the molecule is COc1ccc(CN(C)C(=O)COc2ccc(C)cc2C)c(OC)c1OC. The molecule has 2 aromatic carbocycles. The van der Waals surface area contributed by atoms with Gasteiger partial charge in [0.05, 0.1) is 21.3 Å². The van der Waals surface area contributed by atoms with E-state index in [1.165, 1.54) is 0 Å². The van der Waals surface area contributed by atoms with E-state index in [4.69, 9.17) is 18.9 Å². The van der Waals surface area contributed by atoms with Crippen molar-refractivity contribution in [1.82, 2.24) is 4.90 Å². The molecular weight excluding hydrogens is 346 g/mol. The first-order chi connectivity index (χ1) is 12.9. The fourth-order valence-electron chi connectivity index (χ4n) is 2.84. The van der Waals surface area contributed by atoms with Gasteiger partial charge in [0.1, 0.15) is 5.75 Å². The summed E-state index contributed by atoms with van der Waals surface area (Å²) in [5, 5.41) is 0. The largest absolute Gasteiger partial charge is 0.493 e. The van der Waals surface area contributed by atoms with Crippen LogP contribution in [0.2, 0.25) is 0 Å². The van der Waals surface area contributed by atoms with E-state index in [0.717, 1.165) is 16.7 Å². The number of methoxy groups -OCH3 is 3. The first-order valence-electron chi connectivity index (χ1n) is 8.63. The van der Waals surface area contributed by atoms with Gasteiger partial charge in [-0.05, 0) is 37.6 Å². The smallest absolute Gasteiger partial charge is 0.260 e. The summed E-state index contributed by atoms with van der Waals surface area (Å²) in [7, 11) is 6.41. The molecular formula is C21H27NO5. The second-order valence-electron chi connectivity index (χ2n) is 6.30. The summed E-state index contributed by atoms with van der Waals surface area (Å²) in [4.78, 5) is 14.1. The molecule has 0 bridgehead atoms. The van der Waals surface area contributed by atoms with Gasteiger partial charge in [0.15, 0.2) is 18.1 Å². The number of rotatable bonds is 8. The Bertz CT molecular complexity index is 803. The first kappa shape index (κ1) is 20.4. The van der Waals surface area contributed by atoms with E-state index in [1.807, 2.05) is 38.1 Å². The average Bonchev–Trinajstić information content (AvgIpc) is 2.66. The zero-order valence-electron chi connectivity index (χ0n) is 16.8. The number of carbonyl (C=O) groups excluding carboxylic acids is 1. The van der Waals surface area contributed by atoms with Gasteiger partial charge in [-0.1, -0.05) is 17.7 Å². The van der Waals surface area contributed by atoms with E-state index in [-0.39, 0.29) is 12.5 Å². The average molecular weight is 373 g/mol. The molecule has 0 saturated heterocycles. The third kappa shape index (κ3) is 4.84. The van der Waals surface area contributed by atoms with Crippen LogP contribution in [0.1, 0.15) is 16.7 Å². The van der Waals surface area contributed by atoms with E-state index >= 15 is 0 Å². The molecule has 2 aromatic rings. The van der Waals surface area contributed by atoms with Gasteiger partial charge in [-0.2, -0.15) is 0 Å². The number of benzene rings is 2. The van der Waals surface area contributed by atoms with Gasteiger partial charge in [0.2, 0.25) is 5.75 Å². The quantitative estimate of drug-likeness (QED) is 0.710. The Morgan fingerprint density at radius 2 is 1.59 bits per heavy atom. The lowest BCUT2D eigenvalue weighted by Crippen LogP contribution is -2.31. The van der Waals surface area contributed by atoms with Gasteiger partial charge in [-0.3, -0.25) is 4.79 Å². The zero-order valence-corrected chi connectivity index (χ0v) is 16.8. The van der Waals surface area contributed by atoms with Crippen LogP contribution in [0.3, 0.4) is 0 Å². The molecule has 0 aromatic heterocycles. The highest BCUT2D eigenvalue weighted by atomic mass is 16.5. The third-order valence-corrected chi connectivity index (χ3v) is 4.30. The third-order valence-electron chi connectivity index (χ3n) is 4.30. The number of carbonyl (C=O) groups is 1. The molecule has 0 radical (unpaired) electrons. The summed E-state index contributed by atoms with van der Waals surface area (Å²) in [6, 6.07) is 9.52. The Morgan fingerprint density at radius 3 is 2.19 bits per heavy atom. The van der Waals surface area contributed by atoms with Crippen molar-refractivity contribution in [3.8, 4) is 23.0 Å². The van der Waals surface area contributed by atoms with E-state index < -0.39 is 0 Å². The van der Waals surface area contributed by atoms with Gasteiger partial charge < -0.3 is 23.8 Å². The Morgan fingerprint density at radius 1 is 0.926 bits per heavy atom. The lowest BCUT2D eigenvalue weighted by atomic mass is 10.1. The van der Waals surface area contributed by atoms with Gasteiger partial charge in [0.25, 0.3) is 5.91 Å². The minimum absolute atomic E-state index is 0.0317. The van der Waals surface area contributed by atoms with Crippen LogP contribution in [0, 0.1) is 13.8 Å². The molecule has 0 aliphatic rings. The normalized spacial score (nSPS) is 10.3. The number of amides is 1. The monoisotopic (exact) mass is 373 g/mol. The number of ether oxygens (including phenoxy) is 4. The lowest BCUT2D eigenvalue weighted by molar-refractivity contribution is -0.132. The van der Waals surface area contributed by atoms with Gasteiger partial charge >= 0.3 is 0 Å². The molecule has 6 heteroatoms. The van der Waals surface area contributed by atoms with Crippen LogP contribution in [0.4, 0.5) is 0 Å². The van der Waals surface area contributed by atoms with Crippen LogP contribution in [0.5, 0.6) is 23.0 Å². The predicted octanol–water partition coefficient (Wildman–Crippen LogP) is 3.37. The van der Waals surface area contributed by atoms with Gasteiger partial charge in [0, 0.05) is 19.2 Å². The van der Waals surface area contributed by atoms with E-state index in [1.54, 1.807) is 39.3 Å². The van der Waals surface area contributed by atoms with Crippen LogP contribution in [-0.4, -0.2) is 45.8 Å². The minimum Gasteiger partial charge on any atom is -0.493 e. The molecule has 0 atom stereocenters. The summed E-state index contributed by atoms with van der Waals surface area (Å²) in [5.41, 5.74) is 2.98. The molecule has 0 aliphatic heterocycles. The lowest BCUT2D eigenvalue weighted by Gasteiger charge is -2.21. The Labute approximate surface area is 160 Å². The maximum absolute atomic E-state index is 12.5. The Balaban J connectivity index is 2.07. The predicted molar refractivity (Wildman–Crippen MR) is 104 cm³/mol. The summed E-state index contributed by atoms with van der Waals surface area (Å²) >= 11 is 0. The van der Waals surface area contributed by atoms with Crippen molar-refractivity contribution in [2.24, 2.45) is 0 Å². The molecule has 2 rings (SSSR count). The summed E-state index contributed by atoms with van der Waals surface area (Å²) < 4.78 is 21.8. The zero-order chi connectivity index (χ0) is 20.0. The molecule has 0 fully saturated rings. The topological polar surface area (TPSA) is 57.2 Å². The molecule has 0 aliphatic carbocycles. The molecule has 0 N–H and O–H groups in total. The summed E-state index contributed by atoms with van der Waals surface area (Å²) in [6.45, 7) is 4.31. The molecule has 146 valence electrons. The van der Waals surface area contributed by atoms with Gasteiger partial charge in [-0.25, -0.2) is 0 Å². The number of likely N-dealkylation sites (N-methyl/N-ethyl adjacent to an activating group) is 1. The number of aryl methyl sites for hydroxylation is 2. The standard InChI is InChI=1S/C21H27NO5/c1-14-7-9-17(15(2)11-14)27-13-19(23)22(3)12-16-8-10-18(24-4)21(26-6)20(16)25-5/h7-11H,12-13H2,1-6H3. The minimum atomic E-state index is -0.133. The summed E-state index contributed by atoms with van der Waals surface area (Å²) in [5.74, 6) is 2.21. The van der Waals surface area contributed by atoms with Crippen molar-refractivity contribution >= 4 is 5.91 Å². The molecule has 27 heavy (non-hydrogen) atoms. The molecule has 0 spiro atoms. The number of nitrogens with zero attached hydrogens (tertiary/aromatic N) is 1. The second kappa shape index (κ2) is 9.16. The second-order valence-corrected chi connectivity index (χ2v) is 6.30. The summed E-state index contributed by atoms with van der Waals surface area (Å²) in [6.07, 6.45) is 0. The van der Waals surface area contributed by atoms with E-state index in [9.17, 15) is 4.79 Å². The van der Waals surface area contributed by atoms with E-state index in [0.29, 0.717) is 29.5 Å². The fraction of sp³-hybridized carbons (Fsp3) is 0.381. The molecule has 0 heterocycles. The van der Waals surface area contributed by atoms with Crippen molar-refractivity contribution in [2.45, 2.75) is 20.4 Å². The highest BCUT2D eigenvalue weighted by Crippen LogP contribution is 2.40. The van der Waals surface area contributed by atoms with Crippen LogP contribution in [0.15, 0.2) is 30.3 Å². The number of hydrogen-bond donors (Lipinski definition) is 0. The van der Waals surface area contributed by atoms with Crippen molar-refractivity contribution in [1.29, 1.82) is 0 Å². The molecule has 0 saturated carbocycles. The van der Waals surface area contributed by atoms with E-state index in [2.05, 4.69) is 0 Å². The van der Waals surface area contributed by atoms with Crippen LogP contribution >= 0.6 is 0 Å².